The first-order valence-corrected chi connectivity index (χ1v) is 8.92. The third-order valence-electron chi connectivity index (χ3n) is 3.48. The number of hydrogen-bond acceptors (Lipinski definition) is 4. The number of carbonyl (C=O) groups is 1. The Morgan fingerprint density at radius 1 is 1.00 bits per heavy atom. The average Bonchev–Trinajstić information content (AvgIpc) is 2.59. The Labute approximate surface area is 159 Å². The molecule has 4 nitrogen and oxygen atoms in total. The molecule has 1 heterocycles. The summed E-state index contributed by atoms with van der Waals surface area (Å²) >= 11 is 13.6. The molecule has 1 amide bonds. The predicted octanol–water partition coefficient (Wildman–Crippen LogP) is 4.55. The second-order valence-corrected chi connectivity index (χ2v) is 7.15. The van der Waals surface area contributed by atoms with Crippen LogP contribution in [0.2, 0.25) is 10.0 Å². The summed E-state index contributed by atoms with van der Waals surface area (Å²) in [6, 6.07) is 18.3. The molecule has 3 rings (SSSR count). The monoisotopic (exact) mass is 389 g/mol. The van der Waals surface area contributed by atoms with Gasteiger partial charge in [0.1, 0.15) is 10.9 Å². The molecule has 1 atom stereocenters. The number of hydrogen-bond donors (Lipinski definition) is 1. The minimum Gasteiger partial charge on any atom is -0.369 e. The number of rotatable bonds is 5. The third-order valence-corrected chi connectivity index (χ3v) is 4.98. The van der Waals surface area contributed by atoms with Gasteiger partial charge in [0, 0.05) is 14.9 Å². The fourth-order valence-corrected chi connectivity index (χ4v) is 3.61. The van der Waals surface area contributed by atoms with Gasteiger partial charge >= 0.3 is 0 Å². The van der Waals surface area contributed by atoms with Gasteiger partial charge in [-0.05, 0) is 42.0 Å². The molecule has 1 aromatic heterocycles. The molecular weight excluding hydrogens is 377 g/mol. The van der Waals surface area contributed by atoms with Crippen molar-refractivity contribution in [3.8, 4) is 0 Å². The van der Waals surface area contributed by atoms with Crippen LogP contribution in [0.1, 0.15) is 17.2 Å². The predicted molar refractivity (Wildman–Crippen MR) is 100 cm³/mol. The van der Waals surface area contributed by atoms with Gasteiger partial charge < -0.3 is 5.73 Å². The first-order valence-electron chi connectivity index (χ1n) is 7.35. The summed E-state index contributed by atoms with van der Waals surface area (Å²) in [6.07, 6.45) is 0. The summed E-state index contributed by atoms with van der Waals surface area (Å²) in [7, 11) is 0. The van der Waals surface area contributed by atoms with E-state index in [9.17, 15) is 4.79 Å². The topological polar surface area (TPSA) is 68.9 Å². The Morgan fingerprint density at radius 3 is 2.36 bits per heavy atom. The molecule has 0 fully saturated rings. The number of nitrogens with two attached hydrogens (primary N) is 1. The number of carbonyl (C=O) groups excluding carboxylic acids is 1. The van der Waals surface area contributed by atoms with E-state index in [-0.39, 0.29) is 0 Å². The van der Waals surface area contributed by atoms with Gasteiger partial charge in [0.2, 0.25) is 5.91 Å². The van der Waals surface area contributed by atoms with Gasteiger partial charge in [0.25, 0.3) is 0 Å². The molecule has 25 heavy (non-hydrogen) atoms. The van der Waals surface area contributed by atoms with Gasteiger partial charge in [-0.2, -0.15) is 5.10 Å². The maximum absolute atomic E-state index is 12.0. The van der Waals surface area contributed by atoms with Crippen LogP contribution in [-0.4, -0.2) is 16.1 Å². The van der Waals surface area contributed by atoms with Gasteiger partial charge in [0.15, 0.2) is 0 Å². The van der Waals surface area contributed by atoms with Gasteiger partial charge in [-0.15, -0.1) is 5.10 Å². The van der Waals surface area contributed by atoms with E-state index < -0.39 is 11.8 Å². The van der Waals surface area contributed by atoms with Crippen LogP contribution in [-0.2, 0) is 4.79 Å². The van der Waals surface area contributed by atoms with Crippen molar-refractivity contribution in [3.63, 3.8) is 0 Å². The summed E-state index contributed by atoms with van der Waals surface area (Å²) in [5.41, 5.74) is 6.56. The number of primary amides is 1. The zero-order chi connectivity index (χ0) is 17.8. The van der Waals surface area contributed by atoms with Crippen molar-refractivity contribution in [3.05, 3.63) is 82.0 Å². The highest BCUT2D eigenvalue weighted by Crippen LogP contribution is 2.32. The Balaban J connectivity index is 1.89. The first-order chi connectivity index (χ1) is 12.0. The molecule has 2 N–H and O–H groups in total. The molecule has 126 valence electrons. The second-order valence-electron chi connectivity index (χ2n) is 5.21. The number of nitrogens with zero attached hydrogens (tertiary/aromatic N) is 2. The maximum atomic E-state index is 12.0. The Hall–Kier alpha value is -2.08. The molecule has 0 aliphatic carbocycles. The molecule has 0 saturated heterocycles. The third kappa shape index (κ3) is 4.31. The summed E-state index contributed by atoms with van der Waals surface area (Å²) in [5.74, 6) is -1.34. The van der Waals surface area contributed by atoms with E-state index in [1.807, 2.05) is 30.3 Å². The highest BCUT2D eigenvalue weighted by Gasteiger charge is 2.24. The van der Waals surface area contributed by atoms with Gasteiger partial charge in [-0.1, -0.05) is 59.2 Å². The Kier molecular flexibility index (Phi) is 5.58. The molecule has 0 aliphatic rings. The normalized spacial score (nSPS) is 11.9. The number of amides is 1. The molecule has 0 radical (unpaired) electrons. The van der Waals surface area contributed by atoms with Crippen molar-refractivity contribution < 1.29 is 4.79 Å². The lowest BCUT2D eigenvalue weighted by Gasteiger charge is -2.15. The zero-order valence-electron chi connectivity index (χ0n) is 12.9. The van der Waals surface area contributed by atoms with Crippen LogP contribution in [0, 0.1) is 0 Å². The summed E-state index contributed by atoms with van der Waals surface area (Å²) in [5, 5.41) is 9.93. The Bertz CT molecular complexity index is 889. The molecule has 7 heteroatoms. The molecular formula is C18H13Cl2N3OS. The molecule has 0 bridgehead atoms. The largest absolute Gasteiger partial charge is 0.369 e. The van der Waals surface area contributed by atoms with E-state index in [1.54, 1.807) is 30.3 Å². The van der Waals surface area contributed by atoms with E-state index in [2.05, 4.69) is 10.2 Å². The van der Waals surface area contributed by atoms with Crippen molar-refractivity contribution in [2.45, 2.75) is 15.8 Å². The highest BCUT2D eigenvalue weighted by molar-refractivity contribution is 7.99. The molecule has 0 aliphatic heterocycles. The zero-order valence-corrected chi connectivity index (χ0v) is 15.2. The van der Waals surface area contributed by atoms with Crippen LogP contribution in [0.5, 0.6) is 0 Å². The lowest BCUT2D eigenvalue weighted by Crippen LogP contribution is -2.24. The molecule has 0 unspecified atom stereocenters. The summed E-state index contributed by atoms with van der Waals surface area (Å²) in [4.78, 5) is 13.0. The lowest BCUT2D eigenvalue weighted by atomic mass is 9.95. The van der Waals surface area contributed by atoms with E-state index in [4.69, 9.17) is 28.9 Å². The van der Waals surface area contributed by atoms with Crippen molar-refractivity contribution in [1.82, 2.24) is 10.2 Å². The quantitative estimate of drug-likeness (QED) is 0.694. The van der Waals surface area contributed by atoms with Crippen LogP contribution in [0.3, 0.4) is 0 Å². The number of aromatic nitrogens is 2. The van der Waals surface area contributed by atoms with Crippen LogP contribution in [0.25, 0.3) is 0 Å². The van der Waals surface area contributed by atoms with Gasteiger partial charge in [-0.3, -0.25) is 4.79 Å². The standard InChI is InChI=1S/C18H13Cl2N3OS/c19-11-6-7-13(14(20)10-11)17(18(21)24)15-8-9-16(23-22-15)25-12-4-2-1-3-5-12/h1-10,17H,(H2,21,24)/t17-/m0/s1. The van der Waals surface area contributed by atoms with E-state index in [1.165, 1.54) is 11.8 Å². The van der Waals surface area contributed by atoms with Crippen LogP contribution >= 0.6 is 35.0 Å². The minimum absolute atomic E-state index is 0.362. The van der Waals surface area contributed by atoms with Crippen molar-refractivity contribution >= 4 is 40.9 Å². The SMILES string of the molecule is NC(=O)[C@H](c1ccc(Sc2ccccc2)nn1)c1ccc(Cl)cc1Cl. The molecule has 0 saturated carbocycles. The number of halogens is 2. The molecule has 2 aromatic carbocycles. The fraction of sp³-hybridized carbons (Fsp3) is 0.0556. The van der Waals surface area contributed by atoms with E-state index in [0.717, 1.165) is 9.92 Å². The second kappa shape index (κ2) is 7.87. The van der Waals surface area contributed by atoms with Gasteiger partial charge in [-0.25, -0.2) is 0 Å². The average molecular weight is 390 g/mol. The van der Waals surface area contributed by atoms with Crippen molar-refractivity contribution in [2.24, 2.45) is 5.73 Å². The highest BCUT2D eigenvalue weighted by atomic mass is 35.5. The van der Waals surface area contributed by atoms with E-state index in [0.29, 0.717) is 21.3 Å². The number of benzene rings is 2. The first kappa shape index (κ1) is 17.7. The molecule has 0 spiro atoms. The minimum atomic E-state index is -0.784. The fourth-order valence-electron chi connectivity index (χ4n) is 2.34. The lowest BCUT2D eigenvalue weighted by molar-refractivity contribution is -0.118. The summed E-state index contributed by atoms with van der Waals surface area (Å²) in [6.45, 7) is 0. The van der Waals surface area contributed by atoms with Crippen molar-refractivity contribution in [1.29, 1.82) is 0 Å². The maximum Gasteiger partial charge on any atom is 0.231 e. The van der Waals surface area contributed by atoms with Crippen LogP contribution < -0.4 is 5.73 Å². The van der Waals surface area contributed by atoms with E-state index >= 15 is 0 Å². The van der Waals surface area contributed by atoms with Crippen LogP contribution in [0.4, 0.5) is 0 Å². The van der Waals surface area contributed by atoms with Crippen molar-refractivity contribution in [2.75, 3.05) is 0 Å². The smallest absolute Gasteiger partial charge is 0.231 e. The van der Waals surface area contributed by atoms with Crippen LogP contribution in [0.15, 0.2) is 70.6 Å². The molecule has 3 aromatic rings. The summed E-state index contributed by atoms with van der Waals surface area (Å²) < 4.78 is 0. The van der Waals surface area contributed by atoms with Gasteiger partial charge in [0.05, 0.1) is 5.69 Å². The Morgan fingerprint density at radius 2 is 1.76 bits per heavy atom.